The summed E-state index contributed by atoms with van der Waals surface area (Å²) in [6.07, 6.45) is 1.21. The number of hydrogen-bond acceptors (Lipinski definition) is 6. The normalized spacial score (nSPS) is 10.9. The maximum atomic E-state index is 12.7. The van der Waals surface area contributed by atoms with Crippen LogP contribution in [0.4, 0.5) is 0 Å². The highest BCUT2D eigenvalue weighted by molar-refractivity contribution is 6.41. The van der Waals surface area contributed by atoms with Crippen molar-refractivity contribution in [1.29, 1.82) is 0 Å². The molecule has 2 aromatic heterocycles. The second-order valence-corrected chi connectivity index (χ2v) is 7.39. The van der Waals surface area contributed by atoms with E-state index in [0.717, 1.165) is 10.2 Å². The molecule has 0 unspecified atom stereocenters. The Morgan fingerprint density at radius 3 is 2.71 bits per heavy atom. The Balaban J connectivity index is 1.65. The van der Waals surface area contributed by atoms with Crippen molar-refractivity contribution in [3.63, 3.8) is 0 Å². The van der Waals surface area contributed by atoms with Gasteiger partial charge in [-0.25, -0.2) is 9.78 Å². The quantitative estimate of drug-likeness (QED) is 0.471. The molecule has 156 valence electrons. The first-order valence-corrected chi connectivity index (χ1v) is 9.81. The van der Waals surface area contributed by atoms with E-state index in [9.17, 15) is 14.4 Å². The van der Waals surface area contributed by atoms with Crippen LogP contribution < -0.4 is 11.1 Å². The Morgan fingerprint density at radius 2 is 1.90 bits per heavy atom. The van der Waals surface area contributed by atoms with Gasteiger partial charge in [0.2, 0.25) is 0 Å². The lowest BCUT2D eigenvalue weighted by molar-refractivity contribution is 0.0462. The molecule has 10 heteroatoms. The third-order valence-corrected chi connectivity index (χ3v) is 5.30. The standard InChI is InChI=1S/C21H14Cl2N4O4/c1-11-5-4-7-13-18(11)25-16(26-19(13)28)10-31-21(30)12-6-2-3-8-15(12)27-20(29)17(23)14(22)9-24-27/h2-9H,10H2,1H3,(H,25,26,28). The molecule has 0 bridgehead atoms. The van der Waals surface area contributed by atoms with Gasteiger partial charge in [-0.3, -0.25) is 9.59 Å². The molecule has 1 N–H and O–H groups in total. The number of H-pyrrole nitrogens is 1. The Labute approximate surface area is 185 Å². The van der Waals surface area contributed by atoms with Crippen LogP contribution in [0.25, 0.3) is 16.6 Å². The van der Waals surface area contributed by atoms with Crippen LogP contribution >= 0.6 is 23.2 Å². The van der Waals surface area contributed by atoms with E-state index < -0.39 is 11.5 Å². The molecule has 2 heterocycles. The summed E-state index contributed by atoms with van der Waals surface area (Å²) in [5.41, 5.74) is 0.606. The van der Waals surface area contributed by atoms with Crippen LogP contribution in [0, 0.1) is 6.92 Å². The predicted molar refractivity (Wildman–Crippen MR) is 116 cm³/mol. The third-order valence-electron chi connectivity index (χ3n) is 4.56. The molecular formula is C21H14Cl2N4O4. The topological polar surface area (TPSA) is 107 Å². The van der Waals surface area contributed by atoms with Crippen molar-refractivity contribution in [3.05, 3.63) is 96.4 Å². The van der Waals surface area contributed by atoms with E-state index in [-0.39, 0.29) is 39.3 Å². The predicted octanol–water partition coefficient (Wildman–Crippen LogP) is 3.44. The molecule has 4 aromatic rings. The number of fused-ring (bicyclic) bond motifs is 1. The molecule has 4 rings (SSSR count). The van der Waals surface area contributed by atoms with E-state index in [4.69, 9.17) is 27.9 Å². The first-order chi connectivity index (χ1) is 14.9. The minimum absolute atomic E-state index is 0.00426. The molecule has 8 nitrogen and oxygen atoms in total. The maximum Gasteiger partial charge on any atom is 0.340 e. The van der Waals surface area contributed by atoms with E-state index in [1.165, 1.54) is 18.3 Å². The molecule has 31 heavy (non-hydrogen) atoms. The number of aryl methyl sites for hydroxylation is 1. The highest BCUT2D eigenvalue weighted by atomic mass is 35.5. The Bertz CT molecular complexity index is 1450. The van der Waals surface area contributed by atoms with E-state index in [1.54, 1.807) is 24.3 Å². The summed E-state index contributed by atoms with van der Waals surface area (Å²) < 4.78 is 6.30. The van der Waals surface area contributed by atoms with Crippen molar-refractivity contribution < 1.29 is 9.53 Å². The number of carbonyl (C=O) groups is 1. The number of para-hydroxylation sites is 2. The fourth-order valence-corrected chi connectivity index (χ4v) is 3.30. The first-order valence-electron chi connectivity index (χ1n) is 9.05. The van der Waals surface area contributed by atoms with Crippen LogP contribution in [0.15, 0.2) is 58.3 Å². The van der Waals surface area contributed by atoms with Crippen molar-refractivity contribution in [2.45, 2.75) is 13.5 Å². The summed E-state index contributed by atoms with van der Waals surface area (Å²) in [7, 11) is 0. The maximum absolute atomic E-state index is 12.7. The third kappa shape index (κ3) is 3.95. The zero-order chi connectivity index (χ0) is 22.1. The number of esters is 1. The molecule has 0 amide bonds. The summed E-state index contributed by atoms with van der Waals surface area (Å²) in [5, 5.41) is 4.18. The molecular weight excluding hydrogens is 443 g/mol. The second kappa shape index (κ2) is 8.33. The SMILES string of the molecule is Cc1cccc2c(=O)[nH]c(COC(=O)c3ccccc3-n3ncc(Cl)c(Cl)c3=O)nc12. The van der Waals surface area contributed by atoms with Gasteiger partial charge in [0.05, 0.1) is 33.4 Å². The average molecular weight is 457 g/mol. The average Bonchev–Trinajstić information content (AvgIpc) is 2.77. The van der Waals surface area contributed by atoms with Gasteiger partial charge in [0.1, 0.15) is 17.5 Å². The van der Waals surface area contributed by atoms with Crippen LogP contribution in [0.3, 0.4) is 0 Å². The van der Waals surface area contributed by atoms with Crippen LogP contribution in [0.1, 0.15) is 21.7 Å². The number of rotatable bonds is 4. The first kappa shape index (κ1) is 20.8. The minimum atomic E-state index is -0.733. The Kier molecular flexibility index (Phi) is 5.58. The van der Waals surface area contributed by atoms with E-state index >= 15 is 0 Å². The molecule has 0 fully saturated rings. The van der Waals surface area contributed by atoms with Crippen molar-refractivity contribution >= 4 is 40.1 Å². The molecule has 0 radical (unpaired) electrons. The van der Waals surface area contributed by atoms with Gasteiger partial charge in [-0.15, -0.1) is 0 Å². The number of hydrogen-bond donors (Lipinski definition) is 1. The van der Waals surface area contributed by atoms with Crippen molar-refractivity contribution in [2.24, 2.45) is 0 Å². The molecule has 0 aliphatic rings. The fraction of sp³-hybridized carbons (Fsp3) is 0.0952. The number of benzene rings is 2. The number of nitrogens with one attached hydrogen (secondary N) is 1. The lowest BCUT2D eigenvalue weighted by Gasteiger charge is -2.11. The summed E-state index contributed by atoms with van der Waals surface area (Å²) in [6, 6.07) is 11.5. The van der Waals surface area contributed by atoms with E-state index in [1.807, 2.05) is 13.0 Å². The largest absolute Gasteiger partial charge is 0.454 e. The van der Waals surface area contributed by atoms with E-state index in [2.05, 4.69) is 15.1 Å². The number of aromatic nitrogens is 4. The summed E-state index contributed by atoms with van der Waals surface area (Å²) >= 11 is 11.7. The van der Waals surface area contributed by atoms with Gasteiger partial charge in [-0.05, 0) is 30.7 Å². The molecule has 0 saturated carbocycles. The number of halogens is 2. The highest BCUT2D eigenvalue weighted by Gasteiger charge is 2.18. The molecule has 0 atom stereocenters. The monoisotopic (exact) mass is 456 g/mol. The number of ether oxygens (including phenoxy) is 1. The second-order valence-electron chi connectivity index (χ2n) is 6.60. The number of nitrogens with zero attached hydrogens (tertiary/aromatic N) is 3. The number of aromatic amines is 1. The summed E-state index contributed by atoms with van der Waals surface area (Å²) in [6.45, 7) is 1.57. The van der Waals surface area contributed by atoms with Gasteiger partial charge in [0.15, 0.2) is 0 Å². The van der Waals surface area contributed by atoms with E-state index in [0.29, 0.717) is 10.9 Å². The van der Waals surface area contributed by atoms with Crippen molar-refractivity contribution in [1.82, 2.24) is 19.7 Å². The van der Waals surface area contributed by atoms with Gasteiger partial charge < -0.3 is 9.72 Å². The minimum Gasteiger partial charge on any atom is -0.454 e. The molecule has 2 aromatic carbocycles. The van der Waals surface area contributed by atoms with Crippen LogP contribution in [-0.4, -0.2) is 25.7 Å². The fourth-order valence-electron chi connectivity index (χ4n) is 3.05. The van der Waals surface area contributed by atoms with Gasteiger partial charge >= 0.3 is 5.97 Å². The van der Waals surface area contributed by atoms with Gasteiger partial charge in [-0.2, -0.15) is 9.78 Å². The van der Waals surface area contributed by atoms with Gasteiger partial charge in [0, 0.05) is 0 Å². The number of carbonyl (C=O) groups excluding carboxylic acids is 1. The zero-order valence-corrected chi connectivity index (χ0v) is 17.6. The molecule has 0 aliphatic heterocycles. The van der Waals surface area contributed by atoms with Crippen molar-refractivity contribution in [2.75, 3.05) is 0 Å². The molecule has 0 aliphatic carbocycles. The van der Waals surface area contributed by atoms with Gasteiger partial charge in [-0.1, -0.05) is 47.5 Å². The smallest absolute Gasteiger partial charge is 0.340 e. The van der Waals surface area contributed by atoms with Crippen molar-refractivity contribution in [3.8, 4) is 5.69 Å². The van der Waals surface area contributed by atoms with Crippen LogP contribution in [0.2, 0.25) is 10.0 Å². The lowest BCUT2D eigenvalue weighted by Crippen LogP contribution is -2.24. The molecule has 0 spiro atoms. The lowest BCUT2D eigenvalue weighted by atomic mass is 10.1. The Morgan fingerprint density at radius 1 is 1.13 bits per heavy atom. The van der Waals surface area contributed by atoms with Gasteiger partial charge in [0.25, 0.3) is 11.1 Å². The Hall–Kier alpha value is -3.49. The van der Waals surface area contributed by atoms with Crippen LogP contribution in [-0.2, 0) is 11.3 Å². The molecule has 0 saturated heterocycles. The summed E-state index contributed by atoms with van der Waals surface area (Å²) in [4.78, 5) is 44.5. The highest BCUT2D eigenvalue weighted by Crippen LogP contribution is 2.19. The zero-order valence-electron chi connectivity index (χ0n) is 16.1. The van der Waals surface area contributed by atoms with Crippen LogP contribution in [0.5, 0.6) is 0 Å². The summed E-state index contributed by atoms with van der Waals surface area (Å²) in [5.74, 6) is -0.537.